The second-order valence-electron chi connectivity index (χ2n) is 18.2. The minimum atomic E-state index is -4.71. The fourth-order valence-electron chi connectivity index (χ4n) is 8.64. The van der Waals surface area contributed by atoms with Crippen molar-refractivity contribution in [2.24, 2.45) is 5.92 Å². The third kappa shape index (κ3) is 9.53. The van der Waals surface area contributed by atoms with E-state index in [9.17, 15) is 36.0 Å². The molecule has 4 aromatic rings. The Labute approximate surface area is 384 Å². The number of halogens is 4. The van der Waals surface area contributed by atoms with Crippen LogP contribution in [0.5, 0.6) is 11.5 Å². The van der Waals surface area contributed by atoms with Gasteiger partial charge in [-0.15, -0.1) is 11.3 Å². The number of benzene rings is 2. The number of hydrogen-bond acceptors (Lipinski definition) is 11. The highest BCUT2D eigenvalue weighted by molar-refractivity contribution is 7.91. The number of allylic oxidation sites excluding steroid dienone is 1. The maximum atomic E-state index is 15.0. The van der Waals surface area contributed by atoms with E-state index in [1.807, 2.05) is 44.4 Å². The third-order valence-electron chi connectivity index (χ3n) is 13.0. The van der Waals surface area contributed by atoms with Crippen molar-refractivity contribution in [2.75, 3.05) is 19.0 Å². The summed E-state index contributed by atoms with van der Waals surface area (Å²) in [4.78, 5) is 55.0. The van der Waals surface area contributed by atoms with Crippen LogP contribution in [0.3, 0.4) is 0 Å². The van der Waals surface area contributed by atoms with E-state index in [0.29, 0.717) is 71.6 Å². The lowest BCUT2D eigenvalue weighted by molar-refractivity contribution is -0.140. The molecule has 2 aromatic carbocycles. The van der Waals surface area contributed by atoms with Crippen LogP contribution in [-0.4, -0.2) is 83.1 Å². The van der Waals surface area contributed by atoms with E-state index in [2.05, 4.69) is 15.4 Å². The van der Waals surface area contributed by atoms with Crippen LogP contribution in [0.1, 0.15) is 101 Å². The van der Waals surface area contributed by atoms with Crippen LogP contribution in [0.4, 0.5) is 18.9 Å². The number of aromatic nitrogens is 2. The molecule has 3 fully saturated rings. The molecule has 1 saturated heterocycles. The molecule has 19 heteroatoms. The van der Waals surface area contributed by atoms with E-state index in [4.69, 9.17) is 31.0 Å². The van der Waals surface area contributed by atoms with Gasteiger partial charge in [0.2, 0.25) is 21.8 Å². The Morgan fingerprint density at radius 2 is 1.85 bits per heavy atom. The molecule has 2 aliphatic heterocycles. The number of thiazole rings is 1. The molecule has 2 aromatic heterocycles. The highest BCUT2D eigenvalue weighted by Gasteiger charge is 2.63. The number of carbonyl (C=O) groups excluding carboxylic acids is 3. The molecule has 2 aliphatic carbocycles. The second kappa shape index (κ2) is 17.7. The van der Waals surface area contributed by atoms with Crippen LogP contribution in [-0.2, 0) is 30.6 Å². The summed E-state index contributed by atoms with van der Waals surface area (Å²) in [5.41, 5.74) is 0.165. The monoisotopic (exact) mass is 956 g/mol. The number of methoxy groups -OCH3 is 1. The Hall–Kier alpha value is -4.94. The average Bonchev–Trinajstić information content (AvgIpc) is 4.02. The summed E-state index contributed by atoms with van der Waals surface area (Å²) < 4.78 is 82.0. The number of ether oxygens (including phenoxy) is 2. The summed E-state index contributed by atoms with van der Waals surface area (Å²) in [5.74, 6) is -1.45. The van der Waals surface area contributed by atoms with Crippen molar-refractivity contribution in [3.05, 3.63) is 75.8 Å². The van der Waals surface area contributed by atoms with Gasteiger partial charge in [-0.1, -0.05) is 50.4 Å². The van der Waals surface area contributed by atoms with Crippen molar-refractivity contribution in [1.82, 2.24) is 24.9 Å². The van der Waals surface area contributed by atoms with Gasteiger partial charge in [0.1, 0.15) is 45.9 Å². The number of rotatable bonds is 10. The first-order valence-electron chi connectivity index (χ1n) is 21.8. The van der Waals surface area contributed by atoms with Crippen molar-refractivity contribution < 1.29 is 45.4 Å². The molecule has 3 N–H and O–H groups in total. The molecule has 3 amide bonds. The van der Waals surface area contributed by atoms with Gasteiger partial charge in [-0.25, -0.2) is 18.4 Å². The number of hydrogen-bond donors (Lipinski definition) is 3. The Balaban J connectivity index is 1.17. The second-order valence-corrected chi connectivity index (χ2v) is 21.6. The first kappa shape index (κ1) is 46.6. The number of aryl methyl sites for hydroxylation is 1. The molecule has 0 bridgehead atoms. The van der Waals surface area contributed by atoms with Crippen LogP contribution in [0.15, 0.2) is 53.9 Å². The number of nitrogens with one attached hydrogen (secondary N) is 3. The van der Waals surface area contributed by atoms with Crippen LogP contribution < -0.4 is 24.8 Å². The first-order chi connectivity index (χ1) is 30.7. The van der Waals surface area contributed by atoms with Gasteiger partial charge in [-0.2, -0.15) is 13.2 Å². The fraction of sp³-hybridized carbons (Fsp3) is 0.500. The van der Waals surface area contributed by atoms with Crippen LogP contribution >= 0.6 is 22.9 Å². The van der Waals surface area contributed by atoms with Crippen LogP contribution in [0.25, 0.3) is 21.6 Å². The highest BCUT2D eigenvalue weighted by atomic mass is 35.5. The standard InChI is InChI=1S/C46H52ClF3N6O7S2/c1-25(2)35-24-64-41(53-35)34-21-38(32-13-14-37(62-5)26(3)39(32)52-34)63-31-20-36-40(57)54-45(43(59)55-65(60,61)44(4)15-16-44)22-27(45)11-9-7-6-8-10-12-33(42(58)56(36)23-31)51-30-18-28(46(48,49)50)17-29(47)19-30/h9,11,13-14,17-19,21,24-25,27,31,33,36,51H,6-8,10,12,15-16,20,22-23H2,1-5H3,(H,54,57)(H,55,59)/b11-9-/t27-,31-,33+,36+,45-/m1/s1. The lowest BCUT2D eigenvalue weighted by atomic mass is 10.0. The van der Waals surface area contributed by atoms with E-state index in [0.717, 1.165) is 23.4 Å². The van der Waals surface area contributed by atoms with Gasteiger partial charge in [0, 0.05) is 45.4 Å². The Morgan fingerprint density at radius 3 is 2.54 bits per heavy atom. The fourth-order valence-corrected chi connectivity index (χ4v) is 11.1. The van der Waals surface area contributed by atoms with Crippen molar-refractivity contribution >= 4 is 67.3 Å². The van der Waals surface area contributed by atoms with Crippen LogP contribution in [0, 0.1) is 12.8 Å². The Bertz CT molecular complexity index is 2670. The molecular formula is C46H52ClF3N6O7S2. The molecular weight excluding hydrogens is 905 g/mol. The third-order valence-corrected chi connectivity index (χ3v) is 16.3. The number of pyridine rings is 1. The van der Waals surface area contributed by atoms with Crippen LogP contribution in [0.2, 0.25) is 5.02 Å². The normalized spacial score (nSPS) is 25.2. The number of sulfonamides is 1. The number of carbonyl (C=O) groups is 3. The molecule has 0 spiro atoms. The minimum absolute atomic E-state index is 0.0246. The van der Waals surface area contributed by atoms with E-state index in [1.54, 1.807) is 26.2 Å². The molecule has 4 aliphatic rings. The smallest absolute Gasteiger partial charge is 0.416 e. The number of amides is 3. The van der Waals surface area contributed by atoms with E-state index < -0.39 is 73.9 Å². The molecule has 4 heterocycles. The summed E-state index contributed by atoms with van der Waals surface area (Å²) in [7, 11) is -2.50. The summed E-state index contributed by atoms with van der Waals surface area (Å²) in [6.07, 6.45) is 1.80. The average molecular weight is 958 g/mol. The summed E-state index contributed by atoms with van der Waals surface area (Å²) in [5, 5.41) is 9.00. The highest BCUT2D eigenvalue weighted by Crippen LogP contribution is 2.48. The van der Waals surface area contributed by atoms with Gasteiger partial charge >= 0.3 is 6.18 Å². The quantitative estimate of drug-likeness (QED) is 0.131. The SMILES string of the molecule is COc1ccc2c(O[C@@H]3C[C@H]4C(=O)N[C@]5(C(=O)NS(=O)(=O)C6(C)CC6)C[C@H]5/C=C\CCCCC[C@H](Nc5cc(Cl)cc(C(F)(F)F)c5)C(=O)N4C3)cc(-c3nc(C(C)C)cs3)nc2c1C. The largest absolute Gasteiger partial charge is 0.496 e. The number of anilines is 1. The molecule has 0 unspecified atom stereocenters. The minimum Gasteiger partial charge on any atom is -0.496 e. The van der Waals surface area contributed by atoms with Gasteiger partial charge in [-0.3, -0.25) is 19.1 Å². The predicted molar refractivity (Wildman–Crippen MR) is 243 cm³/mol. The molecule has 5 atom stereocenters. The van der Waals surface area contributed by atoms with Gasteiger partial charge in [0.25, 0.3) is 5.91 Å². The summed E-state index contributed by atoms with van der Waals surface area (Å²) in [6, 6.07) is 6.07. The van der Waals surface area contributed by atoms with Crippen molar-refractivity contribution in [3.63, 3.8) is 0 Å². The van der Waals surface area contributed by atoms with Gasteiger partial charge in [0.15, 0.2) is 0 Å². The zero-order chi connectivity index (χ0) is 46.6. The number of fused-ring (bicyclic) bond motifs is 3. The van der Waals surface area contributed by atoms with Crippen molar-refractivity contribution in [3.8, 4) is 22.2 Å². The lowest BCUT2D eigenvalue weighted by Crippen LogP contribution is -2.58. The first-order valence-corrected chi connectivity index (χ1v) is 24.6. The Morgan fingerprint density at radius 1 is 1.08 bits per heavy atom. The molecule has 65 heavy (non-hydrogen) atoms. The maximum absolute atomic E-state index is 15.0. The lowest BCUT2D eigenvalue weighted by Gasteiger charge is -2.30. The summed E-state index contributed by atoms with van der Waals surface area (Å²) >= 11 is 7.61. The van der Waals surface area contributed by atoms with Crippen molar-refractivity contribution in [1.29, 1.82) is 0 Å². The molecule has 8 rings (SSSR count). The predicted octanol–water partition coefficient (Wildman–Crippen LogP) is 8.69. The van der Waals surface area contributed by atoms with Gasteiger partial charge in [-0.05, 0) is 88.6 Å². The zero-order valence-electron chi connectivity index (χ0n) is 36.7. The van der Waals surface area contributed by atoms with Gasteiger partial charge in [0.05, 0.1) is 35.2 Å². The van der Waals surface area contributed by atoms with E-state index >= 15 is 0 Å². The topological polar surface area (TPSA) is 169 Å². The van der Waals surface area contributed by atoms with E-state index in [-0.39, 0.29) is 42.4 Å². The molecule has 0 radical (unpaired) electrons. The Kier molecular flexibility index (Phi) is 12.7. The number of nitrogens with zero attached hydrogens (tertiary/aromatic N) is 3. The van der Waals surface area contributed by atoms with Gasteiger partial charge < -0.3 is 25.0 Å². The molecule has 348 valence electrons. The van der Waals surface area contributed by atoms with E-state index in [1.165, 1.54) is 22.3 Å². The summed E-state index contributed by atoms with van der Waals surface area (Å²) in [6.45, 7) is 7.42. The zero-order valence-corrected chi connectivity index (χ0v) is 39.1. The molecule has 13 nitrogen and oxygen atoms in total. The number of alkyl halides is 3. The van der Waals surface area contributed by atoms with Crippen molar-refractivity contribution in [2.45, 2.75) is 126 Å². The maximum Gasteiger partial charge on any atom is 0.416 e. The molecule has 2 saturated carbocycles.